The lowest BCUT2D eigenvalue weighted by Crippen LogP contribution is -2.32. The van der Waals surface area contributed by atoms with Gasteiger partial charge in [0.2, 0.25) is 0 Å². The van der Waals surface area contributed by atoms with Crippen molar-refractivity contribution < 1.29 is 28.7 Å². The largest absolute Gasteiger partial charge is 0.497 e. The second-order valence-electron chi connectivity index (χ2n) is 10.0. The standard InChI is InChI=1S/C17H15BrN2O3.C9H7BrN2O2.C8H9BrO/c1-23-15-4-2-3-12(9-15)10-19-11-16(21)20(17(19)22)14-7-5-13(18)6-8-14;10-6-1-3-7(4-2-6)12-8(13)5-11-9(12)14;1-10-8-4-2-3-7(5-8)6-9/h2-9H,10-11H2,1H3;1-4H,5H2,(H,11,14);2-5H,6H2,1H3. The van der Waals surface area contributed by atoms with E-state index in [2.05, 4.69) is 59.2 Å². The fraction of sp³-hybridized carbons (Fsp3) is 0.176. The number of halogens is 3. The molecule has 4 aromatic rings. The van der Waals surface area contributed by atoms with Crippen molar-refractivity contribution in [3.8, 4) is 11.5 Å². The molecule has 0 aromatic heterocycles. The third-order valence-corrected chi connectivity index (χ3v) is 8.55. The van der Waals surface area contributed by atoms with Crippen LogP contribution in [0, 0.1) is 0 Å². The van der Waals surface area contributed by atoms with Crippen LogP contribution in [0.15, 0.2) is 106 Å². The summed E-state index contributed by atoms with van der Waals surface area (Å²) >= 11 is 9.99. The van der Waals surface area contributed by atoms with Gasteiger partial charge in [-0.2, -0.15) is 0 Å². The van der Waals surface area contributed by atoms with Crippen LogP contribution in [0.2, 0.25) is 0 Å². The van der Waals surface area contributed by atoms with E-state index in [9.17, 15) is 19.2 Å². The molecule has 2 aliphatic heterocycles. The van der Waals surface area contributed by atoms with Gasteiger partial charge in [0.05, 0.1) is 32.1 Å². The van der Waals surface area contributed by atoms with Gasteiger partial charge >= 0.3 is 12.1 Å². The van der Waals surface area contributed by atoms with E-state index in [1.807, 2.05) is 42.5 Å². The number of hydrogen-bond acceptors (Lipinski definition) is 6. The number of hydrogen-bond donors (Lipinski definition) is 1. The van der Waals surface area contributed by atoms with Gasteiger partial charge in [-0.3, -0.25) is 9.59 Å². The highest BCUT2D eigenvalue weighted by atomic mass is 79.9. The average molecular weight is 831 g/mol. The Kier molecular flexibility index (Phi) is 13.0. The van der Waals surface area contributed by atoms with Gasteiger partial charge in [0, 0.05) is 20.8 Å². The molecule has 244 valence electrons. The van der Waals surface area contributed by atoms with E-state index in [4.69, 9.17) is 9.47 Å². The molecular weight excluding hydrogens is 800 g/mol. The first-order valence-electron chi connectivity index (χ1n) is 14.2. The van der Waals surface area contributed by atoms with E-state index >= 15 is 0 Å². The molecule has 0 radical (unpaired) electrons. The Bertz CT molecular complexity index is 1680. The van der Waals surface area contributed by atoms with Crippen molar-refractivity contribution in [1.29, 1.82) is 0 Å². The lowest BCUT2D eigenvalue weighted by atomic mass is 10.2. The van der Waals surface area contributed by atoms with E-state index in [1.165, 1.54) is 15.4 Å². The molecule has 2 fully saturated rings. The van der Waals surface area contributed by atoms with Gasteiger partial charge in [0.15, 0.2) is 0 Å². The molecule has 10 nitrogen and oxygen atoms in total. The number of methoxy groups -OCH3 is 2. The molecule has 1 N–H and O–H groups in total. The molecule has 2 heterocycles. The summed E-state index contributed by atoms with van der Waals surface area (Å²) in [5, 5.41) is 3.34. The molecule has 6 amide bonds. The molecule has 6 rings (SSSR count). The summed E-state index contributed by atoms with van der Waals surface area (Å²) in [5.41, 5.74) is 3.33. The first-order valence-corrected chi connectivity index (χ1v) is 16.9. The Labute approximate surface area is 298 Å². The number of carbonyl (C=O) groups excluding carboxylic acids is 4. The Morgan fingerprint density at radius 2 is 1.19 bits per heavy atom. The number of benzene rings is 4. The molecule has 0 bridgehead atoms. The average Bonchev–Trinajstić information content (AvgIpc) is 3.57. The van der Waals surface area contributed by atoms with E-state index in [0.29, 0.717) is 17.9 Å². The number of nitrogens with zero attached hydrogens (tertiary/aromatic N) is 3. The van der Waals surface area contributed by atoms with Crippen LogP contribution in [0.1, 0.15) is 11.1 Å². The number of carbonyl (C=O) groups is 4. The van der Waals surface area contributed by atoms with Crippen LogP contribution in [0.5, 0.6) is 11.5 Å². The summed E-state index contributed by atoms with van der Waals surface area (Å²) in [6.07, 6.45) is 0. The lowest BCUT2D eigenvalue weighted by Gasteiger charge is -2.17. The Hall–Kier alpha value is -4.20. The van der Waals surface area contributed by atoms with Crippen LogP contribution >= 0.6 is 47.8 Å². The van der Waals surface area contributed by atoms with Crippen LogP contribution in [0.3, 0.4) is 0 Å². The fourth-order valence-corrected chi connectivity index (χ4v) is 5.42. The number of amides is 6. The lowest BCUT2D eigenvalue weighted by molar-refractivity contribution is -0.117. The van der Waals surface area contributed by atoms with Crippen LogP contribution in [0.25, 0.3) is 0 Å². The van der Waals surface area contributed by atoms with Gasteiger partial charge < -0.3 is 19.7 Å². The number of rotatable bonds is 7. The Morgan fingerprint density at radius 3 is 1.68 bits per heavy atom. The Balaban J connectivity index is 0.000000177. The number of alkyl halides is 1. The predicted octanol–water partition coefficient (Wildman–Crippen LogP) is 7.52. The smallest absolute Gasteiger partial charge is 0.332 e. The first kappa shape index (κ1) is 35.7. The highest BCUT2D eigenvalue weighted by Gasteiger charge is 2.37. The number of ether oxygens (including phenoxy) is 2. The molecule has 13 heteroatoms. The van der Waals surface area contributed by atoms with E-state index < -0.39 is 0 Å². The van der Waals surface area contributed by atoms with Gasteiger partial charge in [-0.25, -0.2) is 19.4 Å². The number of nitrogens with one attached hydrogen (secondary N) is 1. The second kappa shape index (κ2) is 17.1. The number of imide groups is 2. The minimum Gasteiger partial charge on any atom is -0.497 e. The molecule has 2 aliphatic rings. The van der Waals surface area contributed by atoms with Crippen LogP contribution in [0.4, 0.5) is 21.0 Å². The molecular formula is C34H31Br3N4O6. The predicted molar refractivity (Wildman–Crippen MR) is 191 cm³/mol. The van der Waals surface area contributed by atoms with Crippen molar-refractivity contribution in [3.05, 3.63) is 117 Å². The van der Waals surface area contributed by atoms with Crippen molar-refractivity contribution in [2.24, 2.45) is 0 Å². The topological polar surface area (TPSA) is 108 Å². The first-order chi connectivity index (χ1) is 22.6. The molecule has 0 aliphatic carbocycles. The summed E-state index contributed by atoms with van der Waals surface area (Å²) in [6, 6.07) is 28.9. The van der Waals surface area contributed by atoms with Gasteiger partial charge in [-0.05, 0) is 83.9 Å². The summed E-state index contributed by atoms with van der Waals surface area (Å²) in [7, 11) is 3.27. The van der Waals surface area contributed by atoms with Crippen LogP contribution < -0.4 is 24.6 Å². The minimum atomic E-state index is -0.364. The maximum Gasteiger partial charge on any atom is 0.332 e. The number of urea groups is 2. The van der Waals surface area contributed by atoms with Crippen LogP contribution in [-0.2, 0) is 21.5 Å². The van der Waals surface area contributed by atoms with Crippen molar-refractivity contribution in [2.75, 3.05) is 37.1 Å². The van der Waals surface area contributed by atoms with Gasteiger partial charge in [0.25, 0.3) is 11.8 Å². The third kappa shape index (κ3) is 9.66. The SMILES string of the molecule is COc1cccc(CBr)c1.COc1cccc(CN2CC(=O)N(c3ccc(Br)cc3)C2=O)c1.O=C1CNC(=O)N1c1ccc(Br)cc1. The minimum absolute atomic E-state index is 0.0755. The molecule has 4 aromatic carbocycles. The summed E-state index contributed by atoms with van der Waals surface area (Å²) in [6.45, 7) is 0.524. The molecule has 0 saturated carbocycles. The normalized spacial score (nSPS) is 13.9. The highest BCUT2D eigenvalue weighted by molar-refractivity contribution is 9.10. The summed E-state index contributed by atoms with van der Waals surface area (Å²) in [4.78, 5) is 51.2. The van der Waals surface area contributed by atoms with E-state index in [-0.39, 0.29) is 37.0 Å². The maximum absolute atomic E-state index is 12.5. The summed E-state index contributed by atoms with van der Waals surface area (Å²) in [5.74, 6) is 1.19. The quantitative estimate of drug-likeness (QED) is 0.153. The maximum atomic E-state index is 12.5. The van der Waals surface area contributed by atoms with E-state index in [1.54, 1.807) is 62.8 Å². The molecule has 2 saturated heterocycles. The fourth-order valence-electron chi connectivity index (χ4n) is 4.54. The second-order valence-corrected chi connectivity index (χ2v) is 12.4. The Morgan fingerprint density at radius 1 is 0.681 bits per heavy atom. The summed E-state index contributed by atoms with van der Waals surface area (Å²) < 4.78 is 12.0. The zero-order valence-electron chi connectivity index (χ0n) is 25.5. The molecule has 47 heavy (non-hydrogen) atoms. The zero-order chi connectivity index (χ0) is 33.9. The molecule has 0 spiro atoms. The van der Waals surface area contributed by atoms with Crippen molar-refractivity contribution >= 4 is 83.0 Å². The van der Waals surface area contributed by atoms with Crippen molar-refractivity contribution in [1.82, 2.24) is 10.2 Å². The number of anilines is 2. The van der Waals surface area contributed by atoms with Crippen molar-refractivity contribution in [2.45, 2.75) is 11.9 Å². The van der Waals surface area contributed by atoms with Gasteiger partial charge in [0.1, 0.15) is 18.0 Å². The molecule has 0 unspecified atom stereocenters. The van der Waals surface area contributed by atoms with Gasteiger partial charge in [-0.15, -0.1) is 0 Å². The molecule has 0 atom stereocenters. The monoisotopic (exact) mass is 828 g/mol. The van der Waals surface area contributed by atoms with Crippen LogP contribution in [-0.4, -0.2) is 56.1 Å². The third-order valence-electron chi connectivity index (χ3n) is 6.85. The van der Waals surface area contributed by atoms with E-state index in [0.717, 1.165) is 36.2 Å². The van der Waals surface area contributed by atoms with Crippen molar-refractivity contribution in [3.63, 3.8) is 0 Å². The highest BCUT2D eigenvalue weighted by Crippen LogP contribution is 2.25. The zero-order valence-corrected chi connectivity index (χ0v) is 30.2. The van der Waals surface area contributed by atoms with Gasteiger partial charge in [-0.1, -0.05) is 72.1 Å².